The fraction of sp³-hybridized carbons (Fsp3) is 0.333. The molecule has 2 rings (SSSR count). The summed E-state index contributed by atoms with van der Waals surface area (Å²) in [4.78, 5) is 27.1. The molecule has 0 unspecified atom stereocenters. The number of carbonyl (C=O) groups is 1. The molecule has 0 saturated carbocycles. The van der Waals surface area contributed by atoms with Gasteiger partial charge in [-0.05, 0) is 38.5 Å². The highest BCUT2D eigenvalue weighted by Gasteiger charge is 2.32. The molecule has 0 bridgehead atoms. The van der Waals surface area contributed by atoms with Crippen molar-refractivity contribution in [1.82, 2.24) is 0 Å². The number of aryl methyl sites for hydroxylation is 1. The molecule has 194 valence electrons. The van der Waals surface area contributed by atoms with E-state index < -0.39 is 18.1 Å². The van der Waals surface area contributed by atoms with E-state index in [1.54, 1.807) is 38.1 Å². The summed E-state index contributed by atoms with van der Waals surface area (Å²) in [7, 11) is 3.83. The van der Waals surface area contributed by atoms with Crippen molar-refractivity contribution in [2.75, 3.05) is 21.3 Å². The maximum atomic E-state index is 13.1. The number of benzene rings is 2. The topological polar surface area (TPSA) is 100 Å². The second-order valence-corrected chi connectivity index (χ2v) is 7.28. The maximum Gasteiger partial charge on any atom is 0.573 e. The molecule has 2 aromatic rings. The Morgan fingerprint density at radius 3 is 2.22 bits per heavy atom. The molecule has 0 amide bonds. The zero-order chi connectivity index (χ0) is 26.9. The van der Waals surface area contributed by atoms with Crippen LogP contribution in [0, 0.1) is 6.92 Å². The first-order valence-electron chi connectivity index (χ1n) is 10.5. The number of oxime groups is 3. The second-order valence-electron chi connectivity index (χ2n) is 7.28. The van der Waals surface area contributed by atoms with E-state index in [9.17, 15) is 18.0 Å². The molecule has 0 aliphatic heterocycles. The molecule has 0 spiro atoms. The van der Waals surface area contributed by atoms with Crippen LogP contribution in [-0.2, 0) is 30.7 Å². The van der Waals surface area contributed by atoms with Crippen molar-refractivity contribution in [3.63, 3.8) is 0 Å². The van der Waals surface area contributed by atoms with Crippen LogP contribution in [0.2, 0.25) is 0 Å². The van der Waals surface area contributed by atoms with Gasteiger partial charge in [0.15, 0.2) is 5.71 Å². The number of nitrogens with zero attached hydrogens (tertiary/aromatic N) is 3. The third-order valence-corrected chi connectivity index (χ3v) is 4.88. The van der Waals surface area contributed by atoms with Crippen LogP contribution < -0.4 is 4.74 Å². The number of carbonyl (C=O) groups excluding carboxylic acids is 1. The van der Waals surface area contributed by atoms with Crippen molar-refractivity contribution in [2.45, 2.75) is 33.7 Å². The standard InChI is InChI=1S/C24H26F3N3O6/c1-14-8-7-9-19(22(30-34-6)23(31)32-4)20(14)13-35-29-16(3)18-11-10-17(15(2)28-33-5)12-21(18)36-24(25,26)27/h7-12H,13H2,1-6H3/b28-15-,29-16+,30-22+. The first-order valence-corrected chi connectivity index (χ1v) is 10.5. The summed E-state index contributed by atoms with van der Waals surface area (Å²) in [5.41, 5.74) is 2.54. The molecule has 0 aliphatic rings. The van der Waals surface area contributed by atoms with Crippen molar-refractivity contribution < 1.29 is 42.0 Å². The Morgan fingerprint density at radius 1 is 0.917 bits per heavy atom. The number of methoxy groups -OCH3 is 1. The molecule has 36 heavy (non-hydrogen) atoms. The Kier molecular flexibility index (Phi) is 9.83. The van der Waals surface area contributed by atoms with Gasteiger partial charge in [-0.25, -0.2) is 4.79 Å². The van der Waals surface area contributed by atoms with Gasteiger partial charge < -0.3 is 24.0 Å². The number of rotatable bonds is 10. The lowest BCUT2D eigenvalue weighted by atomic mass is 9.99. The fourth-order valence-corrected chi connectivity index (χ4v) is 3.19. The highest BCUT2D eigenvalue weighted by atomic mass is 19.4. The number of halogens is 3. The van der Waals surface area contributed by atoms with Crippen LogP contribution in [0.1, 0.15) is 41.7 Å². The third-order valence-electron chi connectivity index (χ3n) is 4.88. The summed E-state index contributed by atoms with van der Waals surface area (Å²) in [6, 6.07) is 9.29. The molecule has 0 saturated heterocycles. The molecule has 0 radical (unpaired) electrons. The van der Waals surface area contributed by atoms with E-state index in [0.717, 1.165) is 5.56 Å². The van der Waals surface area contributed by atoms with Gasteiger partial charge in [-0.3, -0.25) is 0 Å². The van der Waals surface area contributed by atoms with Crippen LogP contribution in [0.3, 0.4) is 0 Å². The molecule has 9 nitrogen and oxygen atoms in total. The van der Waals surface area contributed by atoms with Crippen molar-refractivity contribution in [1.29, 1.82) is 0 Å². The molecule has 0 fully saturated rings. The summed E-state index contributed by atoms with van der Waals surface area (Å²) in [6.45, 7) is 4.72. The quantitative estimate of drug-likeness (QED) is 0.261. The lowest BCUT2D eigenvalue weighted by molar-refractivity contribution is -0.274. The SMILES string of the molecule is CO/N=C(/C)c1ccc(/C(C)=N/OCc2c(C)cccc2/C(=N\OC)C(=O)OC)c(OC(F)(F)F)c1. The molecular weight excluding hydrogens is 483 g/mol. The highest BCUT2D eigenvalue weighted by Crippen LogP contribution is 2.29. The van der Waals surface area contributed by atoms with E-state index in [1.807, 2.05) is 0 Å². The van der Waals surface area contributed by atoms with E-state index in [2.05, 4.69) is 25.0 Å². The smallest absolute Gasteiger partial charge is 0.464 e. The predicted octanol–water partition coefficient (Wildman–Crippen LogP) is 4.73. The number of ether oxygens (including phenoxy) is 2. The summed E-state index contributed by atoms with van der Waals surface area (Å²) in [5.74, 6) is -1.20. The predicted molar refractivity (Wildman–Crippen MR) is 126 cm³/mol. The van der Waals surface area contributed by atoms with E-state index in [0.29, 0.717) is 22.4 Å². The van der Waals surface area contributed by atoms with Crippen molar-refractivity contribution in [3.05, 3.63) is 64.2 Å². The molecule has 2 aromatic carbocycles. The minimum absolute atomic E-state index is 0.0579. The molecule has 0 N–H and O–H groups in total. The molecule has 0 aromatic heterocycles. The second kappa shape index (κ2) is 12.6. The Labute approximate surface area is 206 Å². The van der Waals surface area contributed by atoms with Crippen LogP contribution in [0.15, 0.2) is 51.9 Å². The minimum Gasteiger partial charge on any atom is -0.464 e. The van der Waals surface area contributed by atoms with Gasteiger partial charge in [0.25, 0.3) is 0 Å². The van der Waals surface area contributed by atoms with Crippen molar-refractivity contribution in [3.8, 4) is 5.75 Å². The van der Waals surface area contributed by atoms with Gasteiger partial charge in [0, 0.05) is 22.3 Å². The van der Waals surface area contributed by atoms with Gasteiger partial charge >= 0.3 is 12.3 Å². The Hall–Kier alpha value is -4.09. The van der Waals surface area contributed by atoms with Crippen LogP contribution in [-0.4, -0.2) is 50.8 Å². The lowest BCUT2D eigenvalue weighted by Gasteiger charge is -2.15. The van der Waals surface area contributed by atoms with Crippen LogP contribution in [0.5, 0.6) is 5.75 Å². The Balaban J connectivity index is 2.40. The number of hydrogen-bond acceptors (Lipinski definition) is 9. The van der Waals surface area contributed by atoms with Crippen LogP contribution in [0.25, 0.3) is 0 Å². The Morgan fingerprint density at radius 2 is 1.61 bits per heavy atom. The van der Waals surface area contributed by atoms with E-state index in [4.69, 9.17) is 14.4 Å². The fourth-order valence-electron chi connectivity index (χ4n) is 3.19. The van der Waals surface area contributed by atoms with Gasteiger partial charge in [-0.15, -0.1) is 13.2 Å². The first kappa shape index (κ1) is 28.1. The van der Waals surface area contributed by atoms with E-state index >= 15 is 0 Å². The number of hydrogen-bond donors (Lipinski definition) is 0. The normalized spacial score (nSPS) is 12.8. The first-order chi connectivity index (χ1) is 17.0. The van der Waals surface area contributed by atoms with Gasteiger partial charge in [-0.1, -0.05) is 39.7 Å². The third kappa shape index (κ3) is 7.45. The zero-order valence-corrected chi connectivity index (χ0v) is 20.6. The average Bonchev–Trinajstić information content (AvgIpc) is 2.82. The summed E-state index contributed by atoms with van der Waals surface area (Å²) in [6.07, 6.45) is -4.93. The Bertz CT molecular complexity index is 1180. The molecular formula is C24H26F3N3O6. The summed E-state index contributed by atoms with van der Waals surface area (Å²) >= 11 is 0. The zero-order valence-electron chi connectivity index (χ0n) is 20.6. The number of esters is 1. The van der Waals surface area contributed by atoms with Crippen LogP contribution in [0.4, 0.5) is 13.2 Å². The van der Waals surface area contributed by atoms with E-state index in [1.165, 1.54) is 40.4 Å². The van der Waals surface area contributed by atoms with Gasteiger partial charge in [-0.2, -0.15) is 0 Å². The molecule has 0 aliphatic carbocycles. The van der Waals surface area contributed by atoms with Gasteiger partial charge in [0.05, 0.1) is 18.5 Å². The average molecular weight is 509 g/mol. The minimum atomic E-state index is -4.93. The van der Waals surface area contributed by atoms with Crippen molar-refractivity contribution in [2.24, 2.45) is 15.5 Å². The summed E-state index contributed by atoms with van der Waals surface area (Å²) in [5, 5.41) is 11.4. The molecule has 0 atom stereocenters. The van der Waals surface area contributed by atoms with Gasteiger partial charge in [0.1, 0.15) is 26.6 Å². The van der Waals surface area contributed by atoms with E-state index in [-0.39, 0.29) is 23.6 Å². The summed E-state index contributed by atoms with van der Waals surface area (Å²) < 4.78 is 48.1. The largest absolute Gasteiger partial charge is 0.573 e. The number of alkyl halides is 3. The molecule has 12 heteroatoms. The highest BCUT2D eigenvalue weighted by molar-refractivity contribution is 6.43. The molecule has 0 heterocycles. The van der Waals surface area contributed by atoms with Gasteiger partial charge in [0.2, 0.25) is 0 Å². The van der Waals surface area contributed by atoms with Crippen LogP contribution >= 0.6 is 0 Å². The van der Waals surface area contributed by atoms with Crippen molar-refractivity contribution >= 4 is 23.1 Å². The lowest BCUT2D eigenvalue weighted by Crippen LogP contribution is -2.20. The monoisotopic (exact) mass is 509 g/mol. The maximum absolute atomic E-state index is 13.1.